The van der Waals surface area contributed by atoms with E-state index in [0.29, 0.717) is 24.0 Å². The van der Waals surface area contributed by atoms with E-state index in [1.807, 2.05) is 32.0 Å². The fraction of sp³-hybridized carbons (Fsp3) is 0.429. The minimum absolute atomic E-state index is 0.332. The van der Waals surface area contributed by atoms with Crippen molar-refractivity contribution in [1.82, 2.24) is 9.62 Å². The molecule has 0 aromatic heterocycles. The van der Waals surface area contributed by atoms with E-state index in [9.17, 15) is 8.42 Å². The van der Waals surface area contributed by atoms with Crippen LogP contribution in [0.15, 0.2) is 47.4 Å². The first-order valence-electron chi connectivity index (χ1n) is 9.35. The molecule has 1 heterocycles. The number of nitrogens with zero attached hydrogens (tertiary/aromatic N) is 1. The highest BCUT2D eigenvalue weighted by molar-refractivity contribution is 7.89. The summed E-state index contributed by atoms with van der Waals surface area (Å²) < 4.78 is 33.1. The summed E-state index contributed by atoms with van der Waals surface area (Å²) in [5, 5.41) is 0. The monoisotopic (exact) mass is 388 g/mol. The Labute approximate surface area is 162 Å². The van der Waals surface area contributed by atoms with E-state index in [1.54, 1.807) is 19.2 Å². The first kappa shape index (κ1) is 19.9. The first-order valence-corrected chi connectivity index (χ1v) is 10.8. The molecule has 1 fully saturated rings. The number of sulfonamides is 1. The second-order valence-electron chi connectivity index (χ2n) is 7.11. The third-order valence-corrected chi connectivity index (χ3v) is 6.80. The molecule has 1 atom stereocenters. The molecule has 5 nitrogen and oxygen atoms in total. The topological polar surface area (TPSA) is 58.6 Å². The summed E-state index contributed by atoms with van der Waals surface area (Å²) in [6, 6.07) is 13.7. The molecule has 6 heteroatoms. The van der Waals surface area contributed by atoms with E-state index >= 15 is 0 Å². The average Bonchev–Trinajstić information content (AvgIpc) is 3.12. The summed E-state index contributed by atoms with van der Waals surface area (Å²) in [6.07, 6.45) is 2.22. The fourth-order valence-electron chi connectivity index (χ4n) is 3.59. The summed E-state index contributed by atoms with van der Waals surface area (Å²) >= 11 is 0. The molecule has 0 radical (unpaired) electrons. The number of likely N-dealkylation sites (tertiary alicyclic amines) is 1. The summed E-state index contributed by atoms with van der Waals surface area (Å²) in [7, 11) is -1.81. The van der Waals surface area contributed by atoms with Crippen LogP contribution in [0.5, 0.6) is 5.75 Å². The van der Waals surface area contributed by atoms with E-state index in [0.717, 1.165) is 36.3 Å². The van der Waals surface area contributed by atoms with E-state index in [-0.39, 0.29) is 0 Å². The van der Waals surface area contributed by atoms with Gasteiger partial charge in [-0.15, -0.1) is 0 Å². The lowest BCUT2D eigenvalue weighted by Crippen LogP contribution is -2.34. The standard InChI is InChI=1S/C21H28N2O3S/c1-16-6-11-20(15-17(16)2)27(24,25)22-12-14-23-13-4-5-21(23)18-7-9-19(26-3)10-8-18/h6-11,15,21-22H,4-5,12-14H2,1-3H3. The predicted molar refractivity (Wildman–Crippen MR) is 108 cm³/mol. The Morgan fingerprint density at radius 1 is 1.11 bits per heavy atom. The lowest BCUT2D eigenvalue weighted by Gasteiger charge is -2.25. The van der Waals surface area contributed by atoms with Crippen LogP contribution in [0, 0.1) is 13.8 Å². The highest BCUT2D eigenvalue weighted by atomic mass is 32.2. The van der Waals surface area contributed by atoms with Gasteiger partial charge in [0.2, 0.25) is 10.0 Å². The SMILES string of the molecule is COc1ccc(C2CCCN2CCNS(=O)(=O)c2ccc(C)c(C)c2)cc1. The Hall–Kier alpha value is -1.89. The Balaban J connectivity index is 1.60. The van der Waals surface area contributed by atoms with Crippen LogP contribution in [0.2, 0.25) is 0 Å². The van der Waals surface area contributed by atoms with Crippen LogP contribution in [0.3, 0.4) is 0 Å². The molecule has 1 saturated heterocycles. The molecule has 27 heavy (non-hydrogen) atoms. The predicted octanol–water partition coefficient (Wildman–Crippen LogP) is 3.43. The Morgan fingerprint density at radius 2 is 1.85 bits per heavy atom. The number of benzene rings is 2. The lowest BCUT2D eigenvalue weighted by atomic mass is 10.0. The van der Waals surface area contributed by atoms with Gasteiger partial charge in [-0.05, 0) is 74.2 Å². The van der Waals surface area contributed by atoms with Crippen molar-refractivity contribution in [3.8, 4) is 5.75 Å². The van der Waals surface area contributed by atoms with E-state index in [1.165, 1.54) is 5.56 Å². The normalized spacial score (nSPS) is 18.0. The van der Waals surface area contributed by atoms with Crippen LogP contribution in [-0.4, -0.2) is 40.1 Å². The van der Waals surface area contributed by atoms with Crippen LogP contribution in [0.25, 0.3) is 0 Å². The van der Waals surface area contributed by atoms with Gasteiger partial charge in [-0.25, -0.2) is 13.1 Å². The zero-order valence-corrected chi connectivity index (χ0v) is 17.1. The highest BCUT2D eigenvalue weighted by Gasteiger charge is 2.26. The second kappa shape index (κ2) is 8.42. The maximum atomic E-state index is 12.5. The zero-order chi connectivity index (χ0) is 19.4. The molecular weight excluding hydrogens is 360 g/mol. The molecule has 2 aromatic rings. The van der Waals surface area contributed by atoms with Gasteiger partial charge >= 0.3 is 0 Å². The van der Waals surface area contributed by atoms with Crippen LogP contribution in [0.1, 0.15) is 35.6 Å². The van der Waals surface area contributed by atoms with Gasteiger partial charge in [0, 0.05) is 19.1 Å². The van der Waals surface area contributed by atoms with Gasteiger partial charge < -0.3 is 4.74 Å². The molecule has 1 aliphatic heterocycles. The number of nitrogens with one attached hydrogen (secondary N) is 1. The third kappa shape index (κ3) is 4.69. The lowest BCUT2D eigenvalue weighted by molar-refractivity contribution is 0.261. The summed E-state index contributed by atoms with van der Waals surface area (Å²) in [6.45, 7) is 5.99. The van der Waals surface area contributed by atoms with Crippen molar-refractivity contribution in [1.29, 1.82) is 0 Å². The molecular formula is C21H28N2O3S. The van der Waals surface area contributed by atoms with E-state index in [2.05, 4.69) is 21.8 Å². The maximum Gasteiger partial charge on any atom is 0.240 e. The van der Waals surface area contributed by atoms with Gasteiger partial charge in [0.05, 0.1) is 12.0 Å². The molecule has 1 aliphatic rings. The number of methoxy groups -OCH3 is 1. The number of ether oxygens (including phenoxy) is 1. The molecule has 2 aromatic carbocycles. The molecule has 1 N–H and O–H groups in total. The minimum Gasteiger partial charge on any atom is -0.497 e. The van der Waals surface area contributed by atoms with Gasteiger partial charge in [0.1, 0.15) is 5.75 Å². The summed E-state index contributed by atoms with van der Waals surface area (Å²) in [4.78, 5) is 2.68. The van der Waals surface area contributed by atoms with Crippen LogP contribution in [0.4, 0.5) is 0 Å². The Morgan fingerprint density at radius 3 is 2.52 bits per heavy atom. The molecule has 0 aliphatic carbocycles. The molecule has 0 saturated carbocycles. The Kier molecular flexibility index (Phi) is 6.19. The van der Waals surface area contributed by atoms with Crippen LogP contribution >= 0.6 is 0 Å². The van der Waals surface area contributed by atoms with E-state index in [4.69, 9.17) is 4.74 Å². The van der Waals surface area contributed by atoms with Crippen molar-refractivity contribution in [3.63, 3.8) is 0 Å². The fourth-order valence-corrected chi connectivity index (χ4v) is 4.69. The number of hydrogen-bond donors (Lipinski definition) is 1. The third-order valence-electron chi connectivity index (χ3n) is 5.34. The van der Waals surface area contributed by atoms with Crippen molar-refractivity contribution < 1.29 is 13.2 Å². The molecule has 146 valence electrons. The van der Waals surface area contributed by atoms with Crippen molar-refractivity contribution in [2.24, 2.45) is 0 Å². The Bertz CT molecular complexity index is 879. The van der Waals surface area contributed by atoms with Gasteiger partial charge in [0.25, 0.3) is 0 Å². The van der Waals surface area contributed by atoms with Gasteiger partial charge in [-0.3, -0.25) is 4.90 Å². The molecule has 0 bridgehead atoms. The van der Waals surface area contributed by atoms with Gasteiger partial charge in [0.15, 0.2) is 0 Å². The first-order chi connectivity index (χ1) is 12.9. The van der Waals surface area contributed by atoms with Crippen molar-refractivity contribution in [2.45, 2.75) is 37.6 Å². The number of hydrogen-bond acceptors (Lipinski definition) is 4. The highest BCUT2D eigenvalue weighted by Crippen LogP contribution is 2.32. The number of rotatable bonds is 7. The molecule has 3 rings (SSSR count). The summed E-state index contributed by atoms with van der Waals surface area (Å²) in [5.41, 5.74) is 3.33. The molecule has 0 spiro atoms. The summed E-state index contributed by atoms with van der Waals surface area (Å²) in [5.74, 6) is 0.851. The van der Waals surface area contributed by atoms with Crippen molar-refractivity contribution in [2.75, 3.05) is 26.7 Å². The average molecular weight is 389 g/mol. The molecule has 0 amide bonds. The zero-order valence-electron chi connectivity index (χ0n) is 16.2. The maximum absolute atomic E-state index is 12.5. The van der Waals surface area contributed by atoms with E-state index < -0.39 is 10.0 Å². The van der Waals surface area contributed by atoms with Crippen LogP contribution in [-0.2, 0) is 10.0 Å². The van der Waals surface area contributed by atoms with Gasteiger partial charge in [-0.1, -0.05) is 18.2 Å². The smallest absolute Gasteiger partial charge is 0.240 e. The largest absolute Gasteiger partial charge is 0.497 e. The van der Waals surface area contributed by atoms with Crippen molar-refractivity contribution in [3.05, 3.63) is 59.2 Å². The second-order valence-corrected chi connectivity index (χ2v) is 8.88. The van der Waals surface area contributed by atoms with Crippen LogP contribution < -0.4 is 9.46 Å². The number of aryl methyl sites for hydroxylation is 2. The minimum atomic E-state index is -3.48. The molecule has 1 unspecified atom stereocenters. The van der Waals surface area contributed by atoms with Crippen molar-refractivity contribution >= 4 is 10.0 Å². The van der Waals surface area contributed by atoms with Gasteiger partial charge in [-0.2, -0.15) is 0 Å². The quantitative estimate of drug-likeness (QED) is 0.790.